The molecule has 0 atom stereocenters. The molecular weight excluding hydrogens is 324 g/mol. The predicted molar refractivity (Wildman–Crippen MR) is 78.5 cm³/mol. The van der Waals surface area contributed by atoms with Gasteiger partial charge in [0, 0.05) is 32.5 Å². The van der Waals surface area contributed by atoms with Gasteiger partial charge in [0.1, 0.15) is 5.52 Å². The Balaban J connectivity index is 2.08. The molecule has 1 aliphatic heterocycles. The van der Waals surface area contributed by atoms with Gasteiger partial charge in [-0.15, -0.1) is 0 Å². The zero-order valence-corrected chi connectivity index (χ0v) is 12.2. The molecule has 3 heterocycles. The van der Waals surface area contributed by atoms with Gasteiger partial charge in [0.05, 0.1) is 0 Å². The summed E-state index contributed by atoms with van der Waals surface area (Å²) in [6.07, 6.45) is 1.16. The molecule has 2 N–H and O–H groups in total. The lowest BCUT2D eigenvalue weighted by Crippen LogP contribution is -2.31. The number of rotatable bonds is 1. The minimum Gasteiger partial charge on any atom is -0.356 e. The quantitative estimate of drug-likeness (QED) is 0.718. The standard InChI is InChI=1S/C14H11BrN2O3/c1-6-19-14(20-6)9-5-16-12-11(9)8-4-7(15)2-3-10(8)17-13(12)18/h2-6,14,16H,1H3,(H,17,18). The van der Waals surface area contributed by atoms with Crippen LogP contribution in [0.15, 0.2) is 33.7 Å². The zero-order chi connectivity index (χ0) is 13.9. The molecule has 5 nitrogen and oxygen atoms in total. The third-order valence-electron chi connectivity index (χ3n) is 3.52. The van der Waals surface area contributed by atoms with Crippen LogP contribution in [-0.2, 0) is 9.47 Å². The fraction of sp³-hybridized carbons (Fsp3) is 0.214. The number of H-pyrrole nitrogens is 2. The number of fused-ring (bicyclic) bond motifs is 3. The van der Waals surface area contributed by atoms with E-state index in [2.05, 4.69) is 25.9 Å². The van der Waals surface area contributed by atoms with Crippen LogP contribution in [0.4, 0.5) is 0 Å². The first-order chi connectivity index (χ1) is 9.63. The number of hydrogen-bond acceptors (Lipinski definition) is 3. The van der Waals surface area contributed by atoms with Crippen LogP contribution in [0.1, 0.15) is 18.8 Å². The van der Waals surface area contributed by atoms with Crippen LogP contribution >= 0.6 is 15.9 Å². The van der Waals surface area contributed by atoms with Crippen molar-refractivity contribution in [3.05, 3.63) is 44.8 Å². The molecule has 1 aromatic carbocycles. The van der Waals surface area contributed by atoms with Gasteiger partial charge in [-0.05, 0) is 25.1 Å². The lowest BCUT2D eigenvalue weighted by atomic mass is 10.1. The maximum absolute atomic E-state index is 12.1. The zero-order valence-electron chi connectivity index (χ0n) is 10.6. The van der Waals surface area contributed by atoms with Gasteiger partial charge in [0.15, 0.2) is 12.6 Å². The van der Waals surface area contributed by atoms with Crippen molar-refractivity contribution in [2.45, 2.75) is 19.5 Å². The first-order valence-electron chi connectivity index (χ1n) is 6.27. The molecule has 1 fully saturated rings. The lowest BCUT2D eigenvalue weighted by molar-refractivity contribution is -0.382. The van der Waals surface area contributed by atoms with Gasteiger partial charge < -0.3 is 19.4 Å². The second-order valence-corrected chi connectivity index (χ2v) is 5.73. The molecule has 1 saturated heterocycles. The Kier molecular flexibility index (Phi) is 2.54. The summed E-state index contributed by atoms with van der Waals surface area (Å²) in [6, 6.07) is 5.75. The average molecular weight is 335 g/mol. The predicted octanol–water partition coefficient (Wildman–Crippen LogP) is 3.16. The molecule has 3 aromatic rings. The largest absolute Gasteiger partial charge is 0.356 e. The molecule has 0 unspecified atom stereocenters. The van der Waals surface area contributed by atoms with Crippen molar-refractivity contribution in [3.63, 3.8) is 0 Å². The number of pyridine rings is 1. The van der Waals surface area contributed by atoms with Crippen LogP contribution in [0.5, 0.6) is 0 Å². The maximum atomic E-state index is 12.1. The van der Waals surface area contributed by atoms with E-state index in [4.69, 9.17) is 9.47 Å². The summed E-state index contributed by atoms with van der Waals surface area (Å²) in [5, 5.41) is 1.80. The van der Waals surface area contributed by atoms with Crippen molar-refractivity contribution >= 4 is 37.7 Å². The smallest absolute Gasteiger partial charge is 0.272 e. The molecule has 2 aromatic heterocycles. The maximum Gasteiger partial charge on any atom is 0.272 e. The summed E-state index contributed by atoms with van der Waals surface area (Å²) in [6.45, 7) is 1.84. The van der Waals surface area contributed by atoms with Crippen LogP contribution in [-0.4, -0.2) is 16.3 Å². The fourth-order valence-electron chi connectivity index (χ4n) is 2.62. The summed E-state index contributed by atoms with van der Waals surface area (Å²) in [5.74, 6) is 0. The second kappa shape index (κ2) is 4.18. The molecule has 4 rings (SSSR count). The second-order valence-electron chi connectivity index (χ2n) is 4.81. The molecule has 1 aliphatic rings. The summed E-state index contributed by atoms with van der Waals surface area (Å²) < 4.78 is 12.0. The molecule has 0 saturated carbocycles. The Morgan fingerprint density at radius 3 is 2.85 bits per heavy atom. The van der Waals surface area contributed by atoms with E-state index in [9.17, 15) is 4.79 Å². The van der Waals surface area contributed by atoms with Gasteiger partial charge in [-0.1, -0.05) is 15.9 Å². The van der Waals surface area contributed by atoms with E-state index < -0.39 is 6.29 Å². The number of aromatic nitrogens is 2. The number of hydrogen-bond donors (Lipinski definition) is 2. The Hall–Kier alpha value is -1.63. The number of nitrogens with one attached hydrogen (secondary N) is 2. The Labute approximate surface area is 122 Å². The molecular formula is C14H11BrN2O3. The Morgan fingerprint density at radius 2 is 2.10 bits per heavy atom. The molecule has 0 bridgehead atoms. The van der Waals surface area contributed by atoms with Crippen molar-refractivity contribution in [1.82, 2.24) is 9.97 Å². The van der Waals surface area contributed by atoms with E-state index in [1.807, 2.05) is 25.1 Å². The van der Waals surface area contributed by atoms with E-state index >= 15 is 0 Å². The summed E-state index contributed by atoms with van der Waals surface area (Å²) in [5.41, 5.74) is 2.04. The number of aromatic amines is 2. The van der Waals surface area contributed by atoms with Crippen LogP contribution < -0.4 is 5.56 Å². The first kappa shape index (κ1) is 12.1. The summed E-state index contributed by atoms with van der Waals surface area (Å²) in [7, 11) is 0. The van der Waals surface area contributed by atoms with Crippen LogP contribution in [0.3, 0.4) is 0 Å². The van der Waals surface area contributed by atoms with Crippen molar-refractivity contribution in [3.8, 4) is 0 Å². The highest BCUT2D eigenvalue weighted by molar-refractivity contribution is 9.10. The Morgan fingerprint density at radius 1 is 1.30 bits per heavy atom. The summed E-state index contributed by atoms with van der Waals surface area (Å²) in [4.78, 5) is 18.0. The Bertz CT molecular complexity index is 877. The fourth-order valence-corrected chi connectivity index (χ4v) is 2.98. The molecule has 0 aliphatic carbocycles. The van der Waals surface area contributed by atoms with E-state index in [-0.39, 0.29) is 11.8 Å². The number of ether oxygens (including phenoxy) is 2. The molecule has 102 valence electrons. The first-order valence-corrected chi connectivity index (χ1v) is 7.06. The third-order valence-corrected chi connectivity index (χ3v) is 4.01. The molecule has 20 heavy (non-hydrogen) atoms. The molecule has 0 amide bonds. The highest BCUT2D eigenvalue weighted by Gasteiger charge is 2.31. The van der Waals surface area contributed by atoms with Crippen LogP contribution in [0.2, 0.25) is 0 Å². The van der Waals surface area contributed by atoms with E-state index in [1.165, 1.54) is 0 Å². The van der Waals surface area contributed by atoms with Crippen molar-refractivity contribution in [2.24, 2.45) is 0 Å². The minimum absolute atomic E-state index is 0.145. The van der Waals surface area contributed by atoms with E-state index in [0.29, 0.717) is 5.52 Å². The van der Waals surface area contributed by atoms with Gasteiger partial charge in [0.25, 0.3) is 5.56 Å². The number of benzene rings is 1. The van der Waals surface area contributed by atoms with Gasteiger partial charge in [0.2, 0.25) is 0 Å². The lowest BCUT2D eigenvalue weighted by Gasteiger charge is -2.33. The van der Waals surface area contributed by atoms with Gasteiger partial charge in [-0.25, -0.2) is 0 Å². The van der Waals surface area contributed by atoms with Crippen LogP contribution in [0, 0.1) is 0 Å². The van der Waals surface area contributed by atoms with E-state index in [1.54, 1.807) is 6.20 Å². The SMILES string of the molecule is CC1OC(c2c[nH]c3c(=O)[nH]c4ccc(Br)cc4c23)O1. The van der Waals surface area contributed by atoms with Gasteiger partial charge in [-0.2, -0.15) is 0 Å². The third kappa shape index (κ3) is 1.65. The highest BCUT2D eigenvalue weighted by atomic mass is 79.9. The van der Waals surface area contributed by atoms with Crippen LogP contribution in [0.25, 0.3) is 21.8 Å². The average Bonchev–Trinajstić information content (AvgIpc) is 2.81. The van der Waals surface area contributed by atoms with Crippen molar-refractivity contribution in [2.75, 3.05) is 0 Å². The minimum atomic E-state index is -0.414. The molecule has 0 radical (unpaired) electrons. The van der Waals surface area contributed by atoms with Crippen molar-refractivity contribution in [1.29, 1.82) is 0 Å². The highest BCUT2D eigenvalue weighted by Crippen LogP contribution is 2.37. The van der Waals surface area contributed by atoms with Crippen molar-refractivity contribution < 1.29 is 9.47 Å². The van der Waals surface area contributed by atoms with E-state index in [0.717, 1.165) is 26.3 Å². The normalized spacial score (nSPS) is 22.3. The number of halogens is 1. The molecule has 0 spiro atoms. The topological polar surface area (TPSA) is 67.1 Å². The van der Waals surface area contributed by atoms with Gasteiger partial charge >= 0.3 is 0 Å². The van der Waals surface area contributed by atoms with Gasteiger partial charge in [-0.3, -0.25) is 4.79 Å². The monoisotopic (exact) mass is 334 g/mol. The molecule has 6 heteroatoms. The summed E-state index contributed by atoms with van der Waals surface area (Å²) >= 11 is 3.46.